The molecule has 0 radical (unpaired) electrons. The number of methoxy groups -OCH3 is 1. The van der Waals surface area contributed by atoms with Gasteiger partial charge in [-0.3, -0.25) is 0 Å². The molecule has 2 aromatic rings. The van der Waals surface area contributed by atoms with Crippen LogP contribution in [0.25, 0.3) is 0 Å². The highest BCUT2D eigenvalue weighted by atomic mass is 16.5. The number of carbonyl (C=O) groups excluding carboxylic acids is 1. The molecular formula is C17H17NO3. The Morgan fingerprint density at radius 1 is 1.10 bits per heavy atom. The number of benzene rings is 1. The third kappa shape index (κ3) is 3.05. The highest BCUT2D eigenvalue weighted by Crippen LogP contribution is 2.27. The molecule has 0 N–H and O–H groups in total. The Hall–Kier alpha value is -2.36. The molecule has 1 aliphatic rings. The van der Waals surface area contributed by atoms with E-state index in [0.717, 1.165) is 18.6 Å². The molecule has 0 aliphatic heterocycles. The molecule has 1 heterocycles. The summed E-state index contributed by atoms with van der Waals surface area (Å²) in [4.78, 5) is 15.6. The smallest absolute Gasteiger partial charge is 0.338 e. The Labute approximate surface area is 123 Å². The van der Waals surface area contributed by atoms with Gasteiger partial charge in [0, 0.05) is 12.3 Å². The predicted octanol–water partition coefficient (Wildman–Crippen LogP) is 3.54. The normalized spacial score (nSPS) is 13.4. The van der Waals surface area contributed by atoms with Gasteiger partial charge >= 0.3 is 5.97 Å². The number of hydrogen-bond donors (Lipinski definition) is 0. The lowest BCUT2D eigenvalue weighted by Gasteiger charge is -2.16. The number of ether oxygens (including phenoxy) is 2. The van der Waals surface area contributed by atoms with Crippen molar-refractivity contribution in [1.82, 2.24) is 4.98 Å². The molecule has 0 fully saturated rings. The van der Waals surface area contributed by atoms with Crippen LogP contribution in [-0.2, 0) is 17.6 Å². The van der Waals surface area contributed by atoms with E-state index in [1.54, 1.807) is 18.3 Å². The van der Waals surface area contributed by atoms with E-state index in [9.17, 15) is 4.79 Å². The van der Waals surface area contributed by atoms with Gasteiger partial charge in [-0.1, -0.05) is 6.07 Å². The summed E-state index contributed by atoms with van der Waals surface area (Å²) in [5, 5.41) is 0. The van der Waals surface area contributed by atoms with E-state index in [1.165, 1.54) is 31.1 Å². The molecule has 21 heavy (non-hydrogen) atoms. The van der Waals surface area contributed by atoms with Crippen molar-refractivity contribution in [2.75, 3.05) is 7.11 Å². The second kappa shape index (κ2) is 5.95. The molecule has 4 heteroatoms. The highest BCUT2D eigenvalue weighted by molar-refractivity contribution is 5.89. The topological polar surface area (TPSA) is 48.4 Å². The average molecular weight is 283 g/mol. The number of nitrogens with zero attached hydrogens (tertiary/aromatic N) is 1. The number of rotatable bonds is 3. The van der Waals surface area contributed by atoms with Crippen LogP contribution in [0.5, 0.6) is 11.6 Å². The molecule has 1 aromatic heterocycles. The standard InChI is InChI=1S/C17H17NO3/c1-20-17(19)14-8-9-18-16(11-14)21-15-7-6-12-4-2-3-5-13(12)10-15/h6-11H,2-5H2,1H3. The Bertz CT molecular complexity index is 667. The van der Waals surface area contributed by atoms with Gasteiger partial charge in [-0.05, 0) is 55.0 Å². The van der Waals surface area contributed by atoms with E-state index in [-0.39, 0.29) is 0 Å². The highest BCUT2D eigenvalue weighted by Gasteiger charge is 2.11. The fourth-order valence-corrected chi connectivity index (χ4v) is 2.60. The van der Waals surface area contributed by atoms with Crippen molar-refractivity contribution in [3.63, 3.8) is 0 Å². The summed E-state index contributed by atoms with van der Waals surface area (Å²) in [7, 11) is 1.35. The van der Waals surface area contributed by atoms with E-state index in [2.05, 4.69) is 17.1 Å². The molecule has 0 unspecified atom stereocenters. The van der Waals surface area contributed by atoms with Crippen molar-refractivity contribution in [2.45, 2.75) is 25.7 Å². The Balaban J connectivity index is 1.82. The maximum absolute atomic E-state index is 11.5. The van der Waals surface area contributed by atoms with Gasteiger partial charge in [0.05, 0.1) is 12.7 Å². The van der Waals surface area contributed by atoms with E-state index in [4.69, 9.17) is 9.47 Å². The number of fused-ring (bicyclic) bond motifs is 1. The van der Waals surface area contributed by atoms with E-state index in [0.29, 0.717) is 11.4 Å². The molecule has 0 atom stereocenters. The largest absolute Gasteiger partial charge is 0.465 e. The molecule has 1 aromatic carbocycles. The van der Waals surface area contributed by atoms with Crippen molar-refractivity contribution in [1.29, 1.82) is 0 Å². The summed E-state index contributed by atoms with van der Waals surface area (Å²) in [6, 6.07) is 9.34. The maximum Gasteiger partial charge on any atom is 0.338 e. The van der Waals surface area contributed by atoms with Gasteiger partial charge in [0.15, 0.2) is 0 Å². The third-order valence-electron chi connectivity index (χ3n) is 3.70. The Kier molecular flexibility index (Phi) is 3.86. The number of aromatic nitrogens is 1. The summed E-state index contributed by atoms with van der Waals surface area (Å²) >= 11 is 0. The van der Waals surface area contributed by atoms with Crippen molar-refractivity contribution < 1.29 is 14.3 Å². The summed E-state index contributed by atoms with van der Waals surface area (Å²) in [5.41, 5.74) is 3.19. The second-order valence-corrected chi connectivity index (χ2v) is 5.11. The van der Waals surface area contributed by atoms with Crippen molar-refractivity contribution in [3.8, 4) is 11.6 Å². The third-order valence-corrected chi connectivity index (χ3v) is 3.70. The van der Waals surface area contributed by atoms with E-state index >= 15 is 0 Å². The maximum atomic E-state index is 11.5. The lowest BCUT2D eigenvalue weighted by molar-refractivity contribution is 0.0600. The minimum absolute atomic E-state index is 0.396. The summed E-state index contributed by atoms with van der Waals surface area (Å²) in [6.45, 7) is 0. The van der Waals surface area contributed by atoms with Gasteiger partial charge in [-0.25, -0.2) is 9.78 Å². The number of hydrogen-bond acceptors (Lipinski definition) is 4. The summed E-state index contributed by atoms with van der Waals surface area (Å²) < 4.78 is 10.5. The second-order valence-electron chi connectivity index (χ2n) is 5.11. The number of aryl methyl sites for hydroxylation is 2. The van der Waals surface area contributed by atoms with E-state index < -0.39 is 5.97 Å². The van der Waals surface area contributed by atoms with Crippen LogP contribution in [0.15, 0.2) is 36.5 Å². The molecule has 0 saturated carbocycles. The minimum atomic E-state index is -0.396. The SMILES string of the molecule is COC(=O)c1ccnc(Oc2ccc3c(c2)CCCC3)c1. The average Bonchev–Trinajstić information content (AvgIpc) is 2.54. The van der Waals surface area contributed by atoms with E-state index in [1.807, 2.05) is 6.07 Å². The number of pyridine rings is 1. The van der Waals surface area contributed by atoms with Crippen molar-refractivity contribution >= 4 is 5.97 Å². The fourth-order valence-electron chi connectivity index (χ4n) is 2.60. The molecule has 108 valence electrons. The van der Waals surface area contributed by atoms with Gasteiger partial charge in [0.25, 0.3) is 0 Å². The number of esters is 1. The van der Waals surface area contributed by atoms with Crippen LogP contribution in [-0.4, -0.2) is 18.1 Å². The molecule has 1 aliphatic carbocycles. The molecule has 3 rings (SSSR count). The molecule has 0 amide bonds. The predicted molar refractivity (Wildman–Crippen MR) is 78.7 cm³/mol. The minimum Gasteiger partial charge on any atom is -0.465 e. The quantitative estimate of drug-likeness (QED) is 0.808. The summed E-state index contributed by atoms with van der Waals surface area (Å²) in [6.07, 6.45) is 6.27. The van der Waals surface area contributed by atoms with Crippen LogP contribution in [0.2, 0.25) is 0 Å². The van der Waals surface area contributed by atoms with Crippen LogP contribution in [0, 0.1) is 0 Å². The zero-order chi connectivity index (χ0) is 14.7. The first-order valence-electron chi connectivity index (χ1n) is 7.10. The summed E-state index contributed by atoms with van der Waals surface area (Å²) in [5.74, 6) is 0.756. The molecule has 0 bridgehead atoms. The zero-order valence-electron chi connectivity index (χ0n) is 12.0. The first kappa shape index (κ1) is 13.6. The van der Waals surface area contributed by atoms with Crippen LogP contribution >= 0.6 is 0 Å². The van der Waals surface area contributed by atoms with Gasteiger partial charge in [-0.2, -0.15) is 0 Å². The van der Waals surface area contributed by atoms with Crippen LogP contribution in [0.1, 0.15) is 34.3 Å². The van der Waals surface area contributed by atoms with Crippen LogP contribution < -0.4 is 4.74 Å². The lowest BCUT2D eigenvalue weighted by atomic mass is 9.92. The van der Waals surface area contributed by atoms with Gasteiger partial charge < -0.3 is 9.47 Å². The van der Waals surface area contributed by atoms with Gasteiger partial charge in [-0.15, -0.1) is 0 Å². The Morgan fingerprint density at radius 2 is 1.90 bits per heavy atom. The monoisotopic (exact) mass is 283 g/mol. The molecule has 0 spiro atoms. The molecular weight excluding hydrogens is 266 g/mol. The first-order valence-corrected chi connectivity index (χ1v) is 7.10. The fraction of sp³-hybridized carbons (Fsp3) is 0.294. The molecule has 0 saturated heterocycles. The zero-order valence-corrected chi connectivity index (χ0v) is 12.0. The molecule has 4 nitrogen and oxygen atoms in total. The lowest BCUT2D eigenvalue weighted by Crippen LogP contribution is -2.03. The number of carbonyl (C=O) groups is 1. The Morgan fingerprint density at radius 3 is 2.71 bits per heavy atom. The van der Waals surface area contributed by atoms with Gasteiger partial charge in [0.1, 0.15) is 5.75 Å². The first-order chi connectivity index (χ1) is 10.3. The van der Waals surface area contributed by atoms with Crippen molar-refractivity contribution in [3.05, 3.63) is 53.2 Å². The van der Waals surface area contributed by atoms with Crippen molar-refractivity contribution in [2.24, 2.45) is 0 Å². The van der Waals surface area contributed by atoms with Gasteiger partial charge in [0.2, 0.25) is 5.88 Å². The van der Waals surface area contributed by atoms with Crippen LogP contribution in [0.3, 0.4) is 0 Å². The van der Waals surface area contributed by atoms with Crippen LogP contribution in [0.4, 0.5) is 0 Å².